The van der Waals surface area contributed by atoms with Gasteiger partial charge in [-0.3, -0.25) is 9.59 Å². The molecule has 1 fully saturated rings. The van der Waals surface area contributed by atoms with Gasteiger partial charge in [0.1, 0.15) is 11.8 Å². The molecule has 0 unspecified atom stereocenters. The third-order valence-corrected chi connectivity index (χ3v) is 5.65. The topological polar surface area (TPSA) is 75.1 Å². The van der Waals surface area contributed by atoms with E-state index in [4.69, 9.17) is 4.74 Å². The average molecular weight is 426 g/mol. The van der Waals surface area contributed by atoms with Crippen molar-refractivity contribution < 1.29 is 19.2 Å². The molecule has 1 aliphatic rings. The number of anilines is 2. The van der Waals surface area contributed by atoms with E-state index in [0.717, 1.165) is 24.5 Å². The van der Waals surface area contributed by atoms with Crippen molar-refractivity contribution in [1.29, 1.82) is 0 Å². The van der Waals surface area contributed by atoms with Gasteiger partial charge in [0.25, 0.3) is 0 Å². The first-order valence-corrected chi connectivity index (χ1v) is 10.9. The van der Waals surface area contributed by atoms with E-state index in [1.807, 2.05) is 21.0 Å². The second-order valence-electron chi connectivity index (χ2n) is 8.03. The molecule has 7 nitrogen and oxygen atoms in total. The highest BCUT2D eigenvalue weighted by atomic mass is 16.5. The fourth-order valence-electron chi connectivity index (χ4n) is 3.94. The molecule has 0 aliphatic carbocycles. The lowest BCUT2D eigenvalue weighted by molar-refractivity contribution is -0.918. The molecule has 3 rings (SSSR count). The van der Waals surface area contributed by atoms with Gasteiger partial charge in [-0.25, -0.2) is 0 Å². The van der Waals surface area contributed by atoms with Gasteiger partial charge in [-0.1, -0.05) is 12.1 Å². The van der Waals surface area contributed by atoms with Crippen LogP contribution in [0.1, 0.15) is 31.4 Å². The van der Waals surface area contributed by atoms with Crippen LogP contribution in [0.3, 0.4) is 0 Å². The third kappa shape index (κ3) is 6.21. The molecule has 2 aromatic carbocycles. The Balaban J connectivity index is 1.60. The zero-order chi connectivity index (χ0) is 22.2. The van der Waals surface area contributed by atoms with Crippen LogP contribution < -0.4 is 25.2 Å². The van der Waals surface area contributed by atoms with E-state index in [2.05, 4.69) is 39.8 Å². The second kappa shape index (κ2) is 10.8. The van der Waals surface area contributed by atoms with Crippen molar-refractivity contribution in [2.45, 2.75) is 25.8 Å². The van der Waals surface area contributed by atoms with Crippen LogP contribution in [0, 0.1) is 0 Å². The molecule has 1 atom stereocenters. The molecule has 2 amide bonds. The van der Waals surface area contributed by atoms with Crippen LogP contribution in [0.5, 0.6) is 5.75 Å². The van der Waals surface area contributed by atoms with Gasteiger partial charge in [-0.15, -0.1) is 0 Å². The van der Waals surface area contributed by atoms with Gasteiger partial charge in [0.15, 0.2) is 0 Å². The number of hydrogen-bond acceptors (Lipinski definition) is 4. The van der Waals surface area contributed by atoms with E-state index in [1.165, 1.54) is 23.3 Å². The Kier molecular flexibility index (Phi) is 7.89. The first kappa shape index (κ1) is 22.6. The van der Waals surface area contributed by atoms with E-state index < -0.39 is 11.8 Å². The Morgan fingerprint density at radius 1 is 1.00 bits per heavy atom. The van der Waals surface area contributed by atoms with Crippen molar-refractivity contribution in [1.82, 2.24) is 5.32 Å². The summed E-state index contributed by atoms with van der Waals surface area (Å²) in [5.41, 5.74) is 2.87. The molecular weight excluding hydrogens is 392 g/mol. The molecular formula is C24H33N4O3+. The fourth-order valence-corrected chi connectivity index (χ4v) is 3.94. The summed E-state index contributed by atoms with van der Waals surface area (Å²) in [6, 6.07) is 15.5. The maximum atomic E-state index is 12.4. The van der Waals surface area contributed by atoms with Gasteiger partial charge >= 0.3 is 11.8 Å². The number of nitrogens with zero attached hydrogens (tertiary/aromatic N) is 1. The monoisotopic (exact) mass is 425 g/mol. The Hall–Kier alpha value is -3.06. The predicted molar refractivity (Wildman–Crippen MR) is 123 cm³/mol. The summed E-state index contributed by atoms with van der Waals surface area (Å²) in [7, 11) is 4.03. The van der Waals surface area contributed by atoms with Crippen LogP contribution in [-0.4, -0.2) is 52.2 Å². The summed E-state index contributed by atoms with van der Waals surface area (Å²) in [5, 5.41) is 5.49. The first-order valence-electron chi connectivity index (χ1n) is 10.9. The van der Waals surface area contributed by atoms with Crippen LogP contribution in [0.15, 0.2) is 48.5 Å². The number of ether oxygens (including phenoxy) is 1. The summed E-state index contributed by atoms with van der Waals surface area (Å²) in [4.78, 5) is 28.3. The lowest BCUT2D eigenvalue weighted by Gasteiger charge is -2.25. The fraction of sp³-hybridized carbons (Fsp3) is 0.417. The Bertz CT molecular complexity index is 859. The van der Waals surface area contributed by atoms with Gasteiger partial charge < -0.3 is 25.2 Å². The Morgan fingerprint density at radius 3 is 2.23 bits per heavy atom. The van der Waals surface area contributed by atoms with Crippen molar-refractivity contribution in [2.75, 3.05) is 50.6 Å². The van der Waals surface area contributed by atoms with Crippen LogP contribution in [0.4, 0.5) is 11.4 Å². The maximum absolute atomic E-state index is 12.4. The van der Waals surface area contributed by atoms with E-state index in [9.17, 15) is 9.59 Å². The SMILES string of the molecule is CCOc1ccc(NC(=O)C(=O)NC[C@H](c2ccc(N(C)C)cc2)[NH+]2CCCC2)cc1. The summed E-state index contributed by atoms with van der Waals surface area (Å²) in [6.07, 6.45) is 2.38. The average Bonchev–Trinajstić information content (AvgIpc) is 3.30. The molecule has 7 heteroatoms. The highest BCUT2D eigenvalue weighted by molar-refractivity contribution is 6.39. The molecule has 1 saturated heterocycles. The molecule has 31 heavy (non-hydrogen) atoms. The van der Waals surface area contributed by atoms with Crippen molar-refractivity contribution in [3.05, 3.63) is 54.1 Å². The molecule has 2 aromatic rings. The van der Waals surface area contributed by atoms with E-state index in [1.54, 1.807) is 24.3 Å². The van der Waals surface area contributed by atoms with Crippen LogP contribution in [0.2, 0.25) is 0 Å². The van der Waals surface area contributed by atoms with E-state index in [-0.39, 0.29) is 6.04 Å². The summed E-state index contributed by atoms with van der Waals surface area (Å²) in [5.74, 6) is -0.564. The van der Waals surface area contributed by atoms with Crippen molar-refractivity contribution in [2.24, 2.45) is 0 Å². The molecule has 0 spiro atoms. The summed E-state index contributed by atoms with van der Waals surface area (Å²) in [6.45, 7) is 5.06. The summed E-state index contributed by atoms with van der Waals surface area (Å²) >= 11 is 0. The highest BCUT2D eigenvalue weighted by Gasteiger charge is 2.28. The number of rotatable bonds is 8. The molecule has 166 valence electrons. The van der Waals surface area contributed by atoms with E-state index in [0.29, 0.717) is 18.8 Å². The number of likely N-dealkylation sites (tertiary alicyclic amines) is 1. The molecule has 0 bridgehead atoms. The number of amides is 2. The minimum absolute atomic E-state index is 0.126. The van der Waals surface area contributed by atoms with E-state index >= 15 is 0 Å². The molecule has 1 aliphatic heterocycles. The number of nitrogens with one attached hydrogen (secondary N) is 3. The zero-order valence-electron chi connectivity index (χ0n) is 18.6. The predicted octanol–water partition coefficient (Wildman–Crippen LogP) is 1.63. The summed E-state index contributed by atoms with van der Waals surface area (Å²) < 4.78 is 5.39. The number of carbonyl (C=O) groups is 2. The molecule has 0 aromatic heterocycles. The Labute approximate surface area is 184 Å². The van der Waals surface area contributed by atoms with Gasteiger partial charge in [0.05, 0.1) is 26.2 Å². The molecule has 1 heterocycles. The van der Waals surface area contributed by atoms with Crippen LogP contribution >= 0.6 is 0 Å². The van der Waals surface area contributed by atoms with Gasteiger partial charge in [0, 0.05) is 43.9 Å². The van der Waals surface area contributed by atoms with Crippen molar-refractivity contribution in [3.8, 4) is 5.75 Å². The number of hydrogen-bond donors (Lipinski definition) is 3. The van der Waals surface area contributed by atoms with Gasteiger partial charge in [0.2, 0.25) is 0 Å². The van der Waals surface area contributed by atoms with Crippen molar-refractivity contribution in [3.63, 3.8) is 0 Å². The normalized spacial score (nSPS) is 14.7. The Morgan fingerprint density at radius 2 is 1.65 bits per heavy atom. The van der Waals surface area contributed by atoms with Gasteiger partial charge in [-0.2, -0.15) is 0 Å². The molecule has 0 saturated carbocycles. The lowest BCUT2D eigenvalue weighted by Crippen LogP contribution is -3.11. The van der Waals surface area contributed by atoms with Crippen LogP contribution in [0.25, 0.3) is 0 Å². The molecule has 3 N–H and O–H groups in total. The quantitative estimate of drug-likeness (QED) is 0.562. The lowest BCUT2D eigenvalue weighted by atomic mass is 10.0. The zero-order valence-corrected chi connectivity index (χ0v) is 18.6. The highest BCUT2D eigenvalue weighted by Crippen LogP contribution is 2.17. The molecule has 0 radical (unpaired) electrons. The minimum Gasteiger partial charge on any atom is -0.494 e. The minimum atomic E-state index is -0.665. The smallest absolute Gasteiger partial charge is 0.313 e. The first-order chi connectivity index (χ1) is 15.0. The number of benzene rings is 2. The number of quaternary nitrogens is 1. The van der Waals surface area contributed by atoms with Gasteiger partial charge in [-0.05, 0) is 43.3 Å². The number of carbonyl (C=O) groups excluding carboxylic acids is 2. The standard InChI is InChI=1S/C24H32N4O3/c1-4-31-21-13-9-19(10-14-21)26-24(30)23(29)25-17-22(28-15-5-6-16-28)18-7-11-20(12-8-18)27(2)3/h7-14,22H,4-6,15-17H2,1-3H3,(H,25,29)(H,26,30)/p+1/t22-/m1/s1. The third-order valence-electron chi connectivity index (χ3n) is 5.65. The largest absolute Gasteiger partial charge is 0.494 e. The second-order valence-corrected chi connectivity index (χ2v) is 8.03. The van der Waals surface area contributed by atoms with Crippen molar-refractivity contribution >= 4 is 23.2 Å². The maximum Gasteiger partial charge on any atom is 0.313 e. The van der Waals surface area contributed by atoms with Crippen LogP contribution in [-0.2, 0) is 9.59 Å².